The fourth-order valence-electron chi connectivity index (χ4n) is 1.81. The molecule has 0 N–H and O–H groups in total. The van der Waals surface area contributed by atoms with Crippen molar-refractivity contribution in [1.29, 1.82) is 0 Å². The third-order valence-corrected chi connectivity index (χ3v) is 2.75. The summed E-state index contributed by atoms with van der Waals surface area (Å²) in [5.41, 5.74) is 1.17. The van der Waals surface area contributed by atoms with Gasteiger partial charge in [-0.25, -0.2) is 0 Å². The number of hydrogen-bond donors (Lipinski definition) is 0. The van der Waals surface area contributed by atoms with Gasteiger partial charge in [0, 0.05) is 25.7 Å². The first-order valence-electron chi connectivity index (χ1n) is 6.77. The minimum atomic E-state index is 0.0903. The van der Waals surface area contributed by atoms with Crippen LogP contribution in [0.1, 0.15) is 18.9 Å². The minimum Gasteiger partial charge on any atom is -0.335 e. The highest BCUT2D eigenvalue weighted by molar-refractivity contribution is 5.87. The van der Waals surface area contributed by atoms with Crippen LogP contribution in [0.4, 0.5) is 0 Å². The highest BCUT2D eigenvalue weighted by Gasteiger charge is 2.09. The fourth-order valence-corrected chi connectivity index (χ4v) is 1.81. The summed E-state index contributed by atoms with van der Waals surface area (Å²) in [6, 6.07) is 10.1. The van der Waals surface area contributed by atoms with Crippen LogP contribution >= 0.6 is 0 Å². The maximum Gasteiger partial charge on any atom is 0.246 e. The number of amides is 1. The van der Waals surface area contributed by atoms with E-state index in [9.17, 15) is 4.79 Å². The minimum absolute atomic E-state index is 0.0903. The zero-order chi connectivity index (χ0) is 14.1. The molecule has 0 radical (unpaired) electrons. The summed E-state index contributed by atoms with van der Waals surface area (Å²) in [6.07, 6.45) is 4.56. The van der Waals surface area contributed by atoms with Crippen molar-refractivity contribution in [2.45, 2.75) is 19.9 Å². The molecular formula is C16H24N2O. The number of hydrogen-bond acceptors (Lipinski definition) is 2. The van der Waals surface area contributed by atoms with Crippen molar-refractivity contribution in [3.8, 4) is 0 Å². The van der Waals surface area contributed by atoms with Gasteiger partial charge >= 0.3 is 0 Å². The zero-order valence-electron chi connectivity index (χ0n) is 12.2. The Kier molecular flexibility index (Phi) is 6.90. The molecule has 0 heterocycles. The van der Waals surface area contributed by atoms with Crippen LogP contribution in [-0.4, -0.2) is 42.9 Å². The molecule has 0 spiro atoms. The van der Waals surface area contributed by atoms with Gasteiger partial charge in [0.1, 0.15) is 0 Å². The van der Waals surface area contributed by atoms with E-state index in [0.717, 1.165) is 19.5 Å². The predicted molar refractivity (Wildman–Crippen MR) is 79.8 cm³/mol. The Morgan fingerprint density at radius 2 is 1.89 bits per heavy atom. The molecule has 3 nitrogen and oxygen atoms in total. The molecule has 3 heteroatoms. The second-order valence-corrected chi connectivity index (χ2v) is 4.91. The topological polar surface area (TPSA) is 23.6 Å². The van der Waals surface area contributed by atoms with E-state index in [4.69, 9.17) is 0 Å². The lowest BCUT2D eigenvalue weighted by molar-refractivity contribution is -0.126. The molecule has 0 aliphatic heterocycles. The summed E-state index contributed by atoms with van der Waals surface area (Å²) in [5, 5.41) is 0. The van der Waals surface area contributed by atoms with Gasteiger partial charge < -0.3 is 9.80 Å². The fraction of sp³-hybridized carbons (Fsp3) is 0.438. The van der Waals surface area contributed by atoms with Crippen LogP contribution in [0.2, 0.25) is 0 Å². The Balaban J connectivity index is 2.61. The van der Waals surface area contributed by atoms with Crippen LogP contribution in [0.15, 0.2) is 42.5 Å². The molecule has 19 heavy (non-hydrogen) atoms. The van der Waals surface area contributed by atoms with Gasteiger partial charge in [-0.05, 0) is 26.1 Å². The van der Waals surface area contributed by atoms with E-state index in [-0.39, 0.29) is 5.91 Å². The summed E-state index contributed by atoms with van der Waals surface area (Å²) in [7, 11) is 3.98. The lowest BCUT2D eigenvalue weighted by Crippen LogP contribution is -2.30. The number of benzene rings is 1. The predicted octanol–water partition coefficient (Wildman–Crippen LogP) is 2.54. The first-order valence-corrected chi connectivity index (χ1v) is 6.77. The Morgan fingerprint density at radius 3 is 2.47 bits per heavy atom. The first kappa shape index (κ1) is 15.4. The van der Waals surface area contributed by atoms with Crippen molar-refractivity contribution in [3.63, 3.8) is 0 Å². The molecular weight excluding hydrogens is 236 g/mol. The molecule has 0 atom stereocenters. The molecule has 0 aliphatic carbocycles. The van der Waals surface area contributed by atoms with Gasteiger partial charge in [-0.15, -0.1) is 0 Å². The Bertz CT molecular complexity index is 398. The van der Waals surface area contributed by atoms with E-state index in [1.807, 2.05) is 48.2 Å². The van der Waals surface area contributed by atoms with E-state index in [0.29, 0.717) is 6.54 Å². The Morgan fingerprint density at radius 1 is 1.21 bits per heavy atom. The van der Waals surface area contributed by atoms with E-state index in [2.05, 4.69) is 19.1 Å². The van der Waals surface area contributed by atoms with Crippen molar-refractivity contribution in [3.05, 3.63) is 48.0 Å². The normalized spacial score (nSPS) is 11.2. The standard InChI is InChI=1S/C16H24N2O/c1-4-12-18(14-15-9-6-5-7-10-15)16(19)11-8-13-17(2)3/h5-11H,4,12-14H2,1-3H3/b11-8+. The van der Waals surface area contributed by atoms with E-state index in [1.54, 1.807) is 6.08 Å². The zero-order valence-corrected chi connectivity index (χ0v) is 12.2. The number of likely N-dealkylation sites (N-methyl/N-ethyl adjacent to an activating group) is 1. The molecule has 0 aromatic heterocycles. The molecule has 0 unspecified atom stereocenters. The van der Waals surface area contributed by atoms with Crippen molar-refractivity contribution in [1.82, 2.24) is 9.80 Å². The molecule has 1 aromatic carbocycles. The van der Waals surface area contributed by atoms with Crippen molar-refractivity contribution >= 4 is 5.91 Å². The maximum absolute atomic E-state index is 12.1. The lowest BCUT2D eigenvalue weighted by Gasteiger charge is -2.20. The molecule has 104 valence electrons. The van der Waals surface area contributed by atoms with E-state index < -0.39 is 0 Å². The van der Waals surface area contributed by atoms with E-state index in [1.165, 1.54) is 5.56 Å². The number of carbonyl (C=O) groups excluding carboxylic acids is 1. The molecule has 0 fully saturated rings. The van der Waals surface area contributed by atoms with Gasteiger partial charge in [-0.2, -0.15) is 0 Å². The highest BCUT2D eigenvalue weighted by Crippen LogP contribution is 2.06. The molecule has 1 amide bonds. The van der Waals surface area contributed by atoms with Gasteiger partial charge in [0.15, 0.2) is 0 Å². The Hall–Kier alpha value is -1.61. The van der Waals surface area contributed by atoms with Crippen molar-refractivity contribution < 1.29 is 4.79 Å². The second kappa shape index (κ2) is 8.48. The monoisotopic (exact) mass is 260 g/mol. The summed E-state index contributed by atoms with van der Waals surface area (Å²) < 4.78 is 0. The van der Waals surface area contributed by atoms with Crippen LogP contribution in [0.3, 0.4) is 0 Å². The smallest absolute Gasteiger partial charge is 0.246 e. The molecule has 1 aromatic rings. The van der Waals surface area contributed by atoms with Gasteiger partial charge in [-0.3, -0.25) is 4.79 Å². The third-order valence-electron chi connectivity index (χ3n) is 2.75. The van der Waals surface area contributed by atoms with Crippen LogP contribution in [-0.2, 0) is 11.3 Å². The number of carbonyl (C=O) groups is 1. The summed E-state index contributed by atoms with van der Waals surface area (Å²) in [6.45, 7) is 4.35. The molecule has 0 bridgehead atoms. The van der Waals surface area contributed by atoms with Gasteiger partial charge in [0.05, 0.1) is 0 Å². The molecule has 0 saturated carbocycles. The largest absolute Gasteiger partial charge is 0.335 e. The summed E-state index contributed by atoms with van der Waals surface area (Å²) in [5.74, 6) is 0.0903. The molecule has 0 aliphatic rings. The van der Waals surface area contributed by atoms with Gasteiger partial charge in [0.2, 0.25) is 5.91 Å². The average Bonchev–Trinajstić information content (AvgIpc) is 2.39. The van der Waals surface area contributed by atoms with Gasteiger partial charge in [0.25, 0.3) is 0 Å². The molecule has 1 rings (SSSR count). The summed E-state index contributed by atoms with van der Waals surface area (Å²) in [4.78, 5) is 16.1. The average molecular weight is 260 g/mol. The molecule has 0 saturated heterocycles. The summed E-state index contributed by atoms with van der Waals surface area (Å²) >= 11 is 0. The SMILES string of the molecule is CCCN(Cc1ccccc1)C(=O)/C=C/CN(C)C. The maximum atomic E-state index is 12.1. The first-order chi connectivity index (χ1) is 9.13. The van der Waals surface area contributed by atoms with Crippen LogP contribution in [0.25, 0.3) is 0 Å². The van der Waals surface area contributed by atoms with Gasteiger partial charge in [-0.1, -0.05) is 43.3 Å². The van der Waals surface area contributed by atoms with Crippen LogP contribution in [0, 0.1) is 0 Å². The number of rotatable bonds is 7. The number of nitrogens with zero attached hydrogens (tertiary/aromatic N) is 2. The van der Waals surface area contributed by atoms with Crippen LogP contribution in [0.5, 0.6) is 0 Å². The quantitative estimate of drug-likeness (QED) is 0.703. The van der Waals surface area contributed by atoms with Crippen molar-refractivity contribution in [2.24, 2.45) is 0 Å². The third kappa shape index (κ3) is 6.20. The second-order valence-electron chi connectivity index (χ2n) is 4.91. The Labute approximate surface area is 116 Å². The van der Waals surface area contributed by atoms with Crippen LogP contribution < -0.4 is 0 Å². The lowest BCUT2D eigenvalue weighted by atomic mass is 10.2. The highest BCUT2D eigenvalue weighted by atomic mass is 16.2. The van der Waals surface area contributed by atoms with Crippen molar-refractivity contribution in [2.75, 3.05) is 27.2 Å². The van der Waals surface area contributed by atoms with E-state index >= 15 is 0 Å².